The number of aliphatic hydroxyl groups excluding tert-OH is 1. The highest BCUT2D eigenvalue weighted by Crippen LogP contribution is 2.35. The largest absolute Gasteiger partial charge is 0.394 e. The van der Waals surface area contributed by atoms with E-state index in [0.29, 0.717) is 11.8 Å². The molecule has 3 aromatic rings. The number of aromatic nitrogens is 1. The zero-order valence-corrected chi connectivity index (χ0v) is 14.7. The van der Waals surface area contributed by atoms with Crippen molar-refractivity contribution >= 4 is 16.8 Å². The van der Waals surface area contributed by atoms with Crippen LogP contribution >= 0.6 is 0 Å². The van der Waals surface area contributed by atoms with E-state index in [1.165, 1.54) is 24.3 Å². The molecule has 0 bridgehead atoms. The average molecular weight is 370 g/mol. The highest BCUT2D eigenvalue weighted by Gasteiger charge is 2.43. The molecule has 0 atom stereocenters. The Morgan fingerprint density at radius 1 is 1.11 bits per heavy atom. The minimum atomic E-state index is -0.455. The van der Waals surface area contributed by atoms with E-state index in [2.05, 4.69) is 10.3 Å². The Labute approximate surface area is 155 Å². The summed E-state index contributed by atoms with van der Waals surface area (Å²) in [6.45, 7) is -0.0577. The maximum absolute atomic E-state index is 13.8. The van der Waals surface area contributed by atoms with Crippen LogP contribution in [0.25, 0.3) is 22.2 Å². The number of rotatable bonds is 6. The van der Waals surface area contributed by atoms with E-state index in [1.54, 1.807) is 18.2 Å². The second-order valence-corrected chi connectivity index (χ2v) is 7.16. The Bertz CT molecular complexity index is 991. The van der Waals surface area contributed by atoms with Gasteiger partial charge in [-0.15, -0.1) is 0 Å². The molecule has 140 valence electrons. The van der Waals surface area contributed by atoms with Crippen molar-refractivity contribution in [3.8, 4) is 11.3 Å². The van der Waals surface area contributed by atoms with Crippen LogP contribution in [0.3, 0.4) is 0 Å². The number of aliphatic hydroxyl groups is 1. The lowest BCUT2D eigenvalue weighted by molar-refractivity contribution is -0.122. The van der Waals surface area contributed by atoms with Gasteiger partial charge in [-0.1, -0.05) is 0 Å². The first kappa shape index (κ1) is 17.7. The third kappa shape index (κ3) is 3.57. The van der Waals surface area contributed by atoms with Crippen molar-refractivity contribution in [1.29, 1.82) is 0 Å². The molecule has 1 aliphatic rings. The van der Waals surface area contributed by atoms with Gasteiger partial charge in [-0.05, 0) is 72.9 Å². The van der Waals surface area contributed by atoms with Gasteiger partial charge in [0.1, 0.15) is 11.6 Å². The average Bonchev–Trinajstić information content (AvgIpc) is 3.34. The van der Waals surface area contributed by atoms with E-state index in [-0.39, 0.29) is 30.6 Å². The molecule has 1 aromatic heterocycles. The van der Waals surface area contributed by atoms with Crippen LogP contribution in [0.5, 0.6) is 0 Å². The van der Waals surface area contributed by atoms with Crippen LogP contribution in [0, 0.1) is 11.6 Å². The summed E-state index contributed by atoms with van der Waals surface area (Å²) in [5.41, 5.74) is 2.66. The fraction of sp³-hybridized carbons (Fsp3) is 0.286. The molecule has 27 heavy (non-hydrogen) atoms. The Morgan fingerprint density at radius 3 is 2.48 bits per heavy atom. The maximum atomic E-state index is 13.8. The van der Waals surface area contributed by atoms with Gasteiger partial charge in [0.05, 0.1) is 12.1 Å². The van der Waals surface area contributed by atoms with Crippen molar-refractivity contribution in [3.05, 3.63) is 59.7 Å². The topological polar surface area (TPSA) is 65.1 Å². The third-order valence-corrected chi connectivity index (χ3v) is 5.16. The van der Waals surface area contributed by atoms with Gasteiger partial charge in [-0.2, -0.15) is 0 Å². The lowest BCUT2D eigenvalue weighted by Crippen LogP contribution is -2.39. The zero-order valence-electron chi connectivity index (χ0n) is 14.7. The normalized spacial score (nSPS) is 15.1. The lowest BCUT2D eigenvalue weighted by atomic mass is 10.0. The smallest absolute Gasteiger partial charge is 0.220 e. The molecule has 0 radical (unpaired) electrons. The van der Waals surface area contributed by atoms with E-state index in [1.807, 2.05) is 0 Å². The summed E-state index contributed by atoms with van der Waals surface area (Å²) < 4.78 is 27.1. The van der Waals surface area contributed by atoms with Gasteiger partial charge >= 0.3 is 0 Å². The van der Waals surface area contributed by atoms with Crippen LogP contribution in [0.2, 0.25) is 0 Å². The molecule has 4 nitrogen and oxygen atoms in total. The van der Waals surface area contributed by atoms with E-state index >= 15 is 0 Å². The van der Waals surface area contributed by atoms with Crippen LogP contribution in [0.4, 0.5) is 8.78 Å². The number of halogens is 2. The number of fused-ring (bicyclic) bond motifs is 1. The van der Waals surface area contributed by atoms with Crippen LogP contribution < -0.4 is 5.32 Å². The molecule has 4 rings (SSSR count). The monoisotopic (exact) mass is 370 g/mol. The highest BCUT2D eigenvalue weighted by molar-refractivity contribution is 5.91. The molecule has 0 spiro atoms. The number of amides is 1. The van der Waals surface area contributed by atoms with Gasteiger partial charge in [-0.3, -0.25) is 4.79 Å². The van der Waals surface area contributed by atoms with E-state index in [4.69, 9.17) is 0 Å². The van der Waals surface area contributed by atoms with Gasteiger partial charge < -0.3 is 15.4 Å². The molecule has 1 fully saturated rings. The summed E-state index contributed by atoms with van der Waals surface area (Å²) in [6.07, 6.45) is 2.20. The number of nitrogens with one attached hydrogen (secondary N) is 2. The quantitative estimate of drug-likeness (QED) is 0.620. The number of aryl methyl sites for hydroxylation is 1. The number of hydrogen-bond donors (Lipinski definition) is 3. The van der Waals surface area contributed by atoms with Crippen LogP contribution in [-0.2, 0) is 11.2 Å². The summed E-state index contributed by atoms with van der Waals surface area (Å²) in [4.78, 5) is 15.6. The van der Waals surface area contributed by atoms with E-state index in [9.17, 15) is 18.7 Å². The highest BCUT2D eigenvalue weighted by atomic mass is 19.1. The molecule has 0 aliphatic heterocycles. The molecule has 1 saturated carbocycles. The summed E-state index contributed by atoms with van der Waals surface area (Å²) in [5.74, 6) is -0.826. The van der Waals surface area contributed by atoms with Crippen molar-refractivity contribution < 1.29 is 18.7 Å². The molecule has 1 aliphatic carbocycles. The molecule has 3 N–H and O–H groups in total. The molecule has 0 unspecified atom stereocenters. The Hall–Kier alpha value is -2.73. The minimum Gasteiger partial charge on any atom is -0.394 e. The van der Waals surface area contributed by atoms with Crippen molar-refractivity contribution in [2.45, 2.75) is 31.2 Å². The van der Waals surface area contributed by atoms with Crippen LogP contribution in [0.15, 0.2) is 42.5 Å². The van der Waals surface area contributed by atoms with Crippen molar-refractivity contribution in [2.75, 3.05) is 6.61 Å². The minimum absolute atomic E-state index is 0.0577. The Balaban J connectivity index is 1.64. The summed E-state index contributed by atoms with van der Waals surface area (Å²) in [6, 6.07) is 10.5. The second kappa shape index (κ2) is 6.78. The fourth-order valence-corrected chi connectivity index (χ4v) is 3.41. The predicted molar refractivity (Wildman–Crippen MR) is 99.2 cm³/mol. The van der Waals surface area contributed by atoms with Gasteiger partial charge in [0.25, 0.3) is 0 Å². The lowest BCUT2D eigenvalue weighted by Gasteiger charge is -2.14. The molecular formula is C21H20F2N2O2. The number of carbonyl (C=O) groups is 1. The number of hydrogen-bond acceptors (Lipinski definition) is 2. The standard InChI is InChI=1S/C21H20F2N2O2/c22-14-3-1-13(2-4-14)20-16(17-11-15(23)5-7-18(17)24-20)6-8-19(27)25-21(12-26)9-10-21/h1-5,7,11,24,26H,6,8-10,12H2,(H,25,27). The third-order valence-electron chi connectivity index (χ3n) is 5.16. The number of benzene rings is 2. The van der Waals surface area contributed by atoms with Crippen LogP contribution in [0.1, 0.15) is 24.8 Å². The van der Waals surface area contributed by atoms with E-state index < -0.39 is 5.54 Å². The number of aromatic amines is 1. The van der Waals surface area contributed by atoms with Crippen molar-refractivity contribution in [2.24, 2.45) is 0 Å². The van der Waals surface area contributed by atoms with Gasteiger partial charge in [0, 0.05) is 23.0 Å². The summed E-state index contributed by atoms with van der Waals surface area (Å²) in [7, 11) is 0. The Morgan fingerprint density at radius 2 is 1.81 bits per heavy atom. The van der Waals surface area contributed by atoms with Crippen LogP contribution in [-0.4, -0.2) is 28.1 Å². The molecular weight excluding hydrogens is 350 g/mol. The Kier molecular flexibility index (Phi) is 4.44. The molecule has 6 heteroatoms. The van der Waals surface area contributed by atoms with E-state index in [0.717, 1.165) is 35.2 Å². The first-order valence-corrected chi connectivity index (χ1v) is 8.98. The van der Waals surface area contributed by atoms with Gasteiger partial charge in [-0.25, -0.2) is 8.78 Å². The van der Waals surface area contributed by atoms with Gasteiger partial charge in [0.15, 0.2) is 0 Å². The first-order valence-electron chi connectivity index (χ1n) is 8.98. The molecule has 0 saturated heterocycles. The first-order chi connectivity index (χ1) is 13.0. The van der Waals surface area contributed by atoms with Crippen molar-refractivity contribution in [3.63, 3.8) is 0 Å². The maximum Gasteiger partial charge on any atom is 0.220 e. The summed E-state index contributed by atoms with van der Waals surface area (Å²) >= 11 is 0. The van der Waals surface area contributed by atoms with Gasteiger partial charge in [0.2, 0.25) is 5.91 Å². The molecule has 2 aromatic carbocycles. The molecule has 1 amide bonds. The number of H-pyrrole nitrogens is 1. The SMILES string of the molecule is O=C(CCc1c(-c2ccc(F)cc2)[nH]c2ccc(F)cc12)NC1(CO)CC1. The summed E-state index contributed by atoms with van der Waals surface area (Å²) in [5, 5.41) is 12.9. The predicted octanol–water partition coefficient (Wildman–Crippen LogP) is 3.69. The molecule has 1 heterocycles. The second-order valence-electron chi connectivity index (χ2n) is 7.16. The fourth-order valence-electron chi connectivity index (χ4n) is 3.41. The zero-order chi connectivity index (χ0) is 19.0. The number of carbonyl (C=O) groups excluding carboxylic acids is 1. The van der Waals surface area contributed by atoms with Crippen molar-refractivity contribution in [1.82, 2.24) is 10.3 Å².